The number of ether oxygens (including phenoxy) is 2. The van der Waals surface area contributed by atoms with Gasteiger partial charge in [0.2, 0.25) is 11.8 Å². The zero-order valence-electron chi connectivity index (χ0n) is 20.5. The molecule has 0 fully saturated rings. The molecule has 0 heterocycles. The van der Waals surface area contributed by atoms with Crippen molar-refractivity contribution in [3.63, 3.8) is 0 Å². The summed E-state index contributed by atoms with van der Waals surface area (Å²) in [6, 6.07) is 11.8. The van der Waals surface area contributed by atoms with Crippen molar-refractivity contribution in [2.24, 2.45) is 0 Å². The lowest BCUT2D eigenvalue weighted by Gasteiger charge is -2.33. The summed E-state index contributed by atoms with van der Waals surface area (Å²) in [4.78, 5) is 27.9. The molecule has 0 unspecified atom stereocenters. The number of benzene rings is 2. The molecule has 0 saturated heterocycles. The van der Waals surface area contributed by atoms with Crippen LogP contribution < -0.4 is 14.8 Å². The Kier molecular flexibility index (Phi) is 10.5. The van der Waals surface area contributed by atoms with Crippen molar-refractivity contribution in [2.75, 3.05) is 13.7 Å². The predicted octanol–water partition coefficient (Wildman–Crippen LogP) is 5.88. The molecule has 2 rings (SSSR count). The summed E-state index contributed by atoms with van der Waals surface area (Å²) in [6.45, 7) is 8.22. The average Bonchev–Trinajstić information content (AvgIpc) is 2.77. The number of rotatable bonds is 11. The normalized spacial score (nSPS) is 12.1. The molecule has 1 N–H and O–H groups in total. The Hall–Kier alpha value is -2.44. The van der Waals surface area contributed by atoms with Crippen molar-refractivity contribution >= 4 is 35.0 Å². The highest BCUT2D eigenvalue weighted by atomic mass is 35.5. The first kappa shape index (κ1) is 27.8. The number of nitrogens with zero attached hydrogens (tertiary/aromatic N) is 1. The molecule has 2 aromatic carbocycles. The summed E-state index contributed by atoms with van der Waals surface area (Å²) in [5.41, 5.74) is 0.319. The molecule has 0 aliphatic carbocycles. The highest BCUT2D eigenvalue weighted by Gasteiger charge is 2.30. The number of hydrogen-bond donors (Lipinski definition) is 1. The first-order valence-corrected chi connectivity index (χ1v) is 12.1. The minimum atomic E-state index is -0.624. The van der Waals surface area contributed by atoms with Gasteiger partial charge < -0.3 is 19.7 Å². The zero-order valence-corrected chi connectivity index (χ0v) is 22.0. The Morgan fingerprint density at radius 3 is 2.26 bits per heavy atom. The van der Waals surface area contributed by atoms with Gasteiger partial charge in [-0.1, -0.05) is 36.2 Å². The van der Waals surface area contributed by atoms with Crippen molar-refractivity contribution in [3.8, 4) is 11.5 Å². The lowest BCUT2D eigenvalue weighted by Crippen LogP contribution is -2.53. The van der Waals surface area contributed by atoms with Gasteiger partial charge in [-0.15, -0.1) is 0 Å². The van der Waals surface area contributed by atoms with Crippen LogP contribution in [-0.4, -0.2) is 42.0 Å². The maximum absolute atomic E-state index is 13.3. The van der Waals surface area contributed by atoms with Gasteiger partial charge >= 0.3 is 0 Å². The standard InChI is InChI=1S/C26H34Cl2N2O4/c1-6-23(25(32)29-26(2,3)4)30(17-18-9-10-19(27)16-22(18)28)24(31)8-7-15-34-21-13-11-20(33-5)12-14-21/h9-14,16,23H,6-8,15,17H2,1-5H3,(H,29,32)/t23-/m1/s1. The van der Waals surface area contributed by atoms with Gasteiger partial charge in [-0.3, -0.25) is 9.59 Å². The molecule has 0 aliphatic heterocycles. The topological polar surface area (TPSA) is 67.9 Å². The molecule has 34 heavy (non-hydrogen) atoms. The van der Waals surface area contributed by atoms with Crippen LogP contribution >= 0.6 is 23.2 Å². The lowest BCUT2D eigenvalue weighted by atomic mass is 10.0. The van der Waals surface area contributed by atoms with Crippen LogP contribution in [0.5, 0.6) is 11.5 Å². The minimum Gasteiger partial charge on any atom is -0.497 e. The number of carbonyl (C=O) groups excluding carboxylic acids is 2. The zero-order chi connectivity index (χ0) is 25.3. The summed E-state index contributed by atoms with van der Waals surface area (Å²) in [5.74, 6) is 1.12. The van der Waals surface area contributed by atoms with Crippen LogP contribution in [0.25, 0.3) is 0 Å². The Bertz CT molecular complexity index is 958. The fraction of sp³-hybridized carbons (Fsp3) is 0.462. The van der Waals surface area contributed by atoms with Crippen LogP contribution in [0.1, 0.15) is 52.5 Å². The highest BCUT2D eigenvalue weighted by molar-refractivity contribution is 6.35. The number of halogens is 2. The van der Waals surface area contributed by atoms with E-state index in [1.807, 2.05) is 52.0 Å². The van der Waals surface area contributed by atoms with E-state index < -0.39 is 11.6 Å². The molecular formula is C26H34Cl2N2O4. The predicted molar refractivity (Wildman–Crippen MR) is 137 cm³/mol. The Labute approximate surface area is 212 Å². The Morgan fingerprint density at radius 1 is 1.06 bits per heavy atom. The van der Waals surface area contributed by atoms with E-state index in [4.69, 9.17) is 32.7 Å². The van der Waals surface area contributed by atoms with Crippen LogP contribution in [0.2, 0.25) is 10.0 Å². The smallest absolute Gasteiger partial charge is 0.243 e. The van der Waals surface area contributed by atoms with Crippen LogP contribution in [-0.2, 0) is 16.1 Å². The van der Waals surface area contributed by atoms with Crippen molar-refractivity contribution in [2.45, 2.75) is 65.1 Å². The molecular weight excluding hydrogens is 475 g/mol. The maximum Gasteiger partial charge on any atom is 0.243 e. The molecule has 2 aromatic rings. The second kappa shape index (κ2) is 12.9. The molecule has 0 bridgehead atoms. The SMILES string of the molecule is CC[C@H](C(=O)NC(C)(C)C)N(Cc1ccc(Cl)cc1Cl)C(=O)CCCOc1ccc(OC)cc1. The number of nitrogens with one attached hydrogen (secondary N) is 1. The van der Waals surface area contributed by atoms with Crippen molar-refractivity contribution in [1.82, 2.24) is 10.2 Å². The molecule has 186 valence electrons. The number of carbonyl (C=O) groups is 2. The number of hydrogen-bond acceptors (Lipinski definition) is 4. The first-order chi connectivity index (χ1) is 16.0. The second-order valence-electron chi connectivity index (χ2n) is 9.05. The second-order valence-corrected chi connectivity index (χ2v) is 9.89. The van der Waals surface area contributed by atoms with E-state index in [2.05, 4.69) is 5.32 Å². The van der Waals surface area contributed by atoms with Gasteiger partial charge in [-0.2, -0.15) is 0 Å². The molecule has 0 aromatic heterocycles. The summed E-state index contributed by atoms with van der Waals surface area (Å²) in [7, 11) is 1.61. The molecule has 0 radical (unpaired) electrons. The minimum absolute atomic E-state index is 0.139. The third-order valence-corrected chi connectivity index (χ3v) is 5.69. The van der Waals surface area contributed by atoms with E-state index >= 15 is 0 Å². The quantitative estimate of drug-likeness (QED) is 0.384. The fourth-order valence-corrected chi connectivity index (χ4v) is 3.90. The average molecular weight is 509 g/mol. The molecule has 0 aliphatic rings. The Morgan fingerprint density at radius 2 is 1.71 bits per heavy atom. The Balaban J connectivity index is 2.11. The van der Waals surface area contributed by atoms with Gasteiger partial charge in [0, 0.05) is 28.5 Å². The maximum atomic E-state index is 13.3. The van der Waals surface area contributed by atoms with Gasteiger partial charge in [-0.25, -0.2) is 0 Å². The number of methoxy groups -OCH3 is 1. The van der Waals surface area contributed by atoms with E-state index in [1.54, 1.807) is 30.2 Å². The molecule has 2 amide bonds. The third-order valence-electron chi connectivity index (χ3n) is 5.10. The van der Waals surface area contributed by atoms with E-state index in [-0.39, 0.29) is 24.8 Å². The largest absolute Gasteiger partial charge is 0.497 e. The summed E-state index contributed by atoms with van der Waals surface area (Å²) in [5, 5.41) is 3.96. The molecule has 0 spiro atoms. The summed E-state index contributed by atoms with van der Waals surface area (Å²) < 4.78 is 10.9. The van der Waals surface area contributed by atoms with Crippen molar-refractivity contribution in [3.05, 3.63) is 58.1 Å². The number of amides is 2. The van der Waals surface area contributed by atoms with E-state index in [1.165, 1.54) is 0 Å². The summed E-state index contributed by atoms with van der Waals surface area (Å²) >= 11 is 12.4. The van der Waals surface area contributed by atoms with Crippen molar-refractivity contribution < 1.29 is 19.1 Å². The van der Waals surface area contributed by atoms with Gasteiger partial charge in [0.15, 0.2) is 0 Å². The van der Waals surface area contributed by atoms with Crippen LogP contribution in [0, 0.1) is 0 Å². The van der Waals surface area contributed by atoms with Crippen LogP contribution in [0.3, 0.4) is 0 Å². The molecule has 0 saturated carbocycles. The van der Waals surface area contributed by atoms with Gasteiger partial charge in [0.1, 0.15) is 17.5 Å². The van der Waals surface area contributed by atoms with E-state index in [0.717, 1.165) is 11.3 Å². The van der Waals surface area contributed by atoms with E-state index in [9.17, 15) is 9.59 Å². The van der Waals surface area contributed by atoms with Gasteiger partial charge in [-0.05, 0) is 75.6 Å². The molecule has 6 nitrogen and oxygen atoms in total. The van der Waals surface area contributed by atoms with Crippen LogP contribution in [0.15, 0.2) is 42.5 Å². The van der Waals surface area contributed by atoms with E-state index in [0.29, 0.717) is 35.2 Å². The molecule has 8 heteroatoms. The van der Waals surface area contributed by atoms with Gasteiger partial charge in [0.25, 0.3) is 0 Å². The van der Waals surface area contributed by atoms with Crippen molar-refractivity contribution in [1.29, 1.82) is 0 Å². The van der Waals surface area contributed by atoms with Gasteiger partial charge in [0.05, 0.1) is 13.7 Å². The van der Waals surface area contributed by atoms with Crippen LogP contribution in [0.4, 0.5) is 0 Å². The molecule has 1 atom stereocenters. The highest BCUT2D eigenvalue weighted by Crippen LogP contribution is 2.24. The monoisotopic (exact) mass is 508 g/mol. The summed E-state index contributed by atoms with van der Waals surface area (Å²) in [6.07, 6.45) is 1.22. The fourth-order valence-electron chi connectivity index (χ4n) is 3.43. The lowest BCUT2D eigenvalue weighted by molar-refractivity contribution is -0.142. The first-order valence-electron chi connectivity index (χ1n) is 11.4. The third kappa shape index (κ3) is 8.73.